The van der Waals surface area contributed by atoms with Crippen LogP contribution in [0.4, 0.5) is 26.3 Å². The number of carbonyl (C=O) groups excluding carboxylic acids is 4. The van der Waals surface area contributed by atoms with E-state index in [2.05, 4.69) is 20.3 Å². The molecule has 4 rings (SSSR count). The summed E-state index contributed by atoms with van der Waals surface area (Å²) in [6.07, 6.45) is -6.40. The van der Waals surface area contributed by atoms with E-state index in [0.717, 1.165) is 40.3 Å². The molecule has 0 atom stereocenters. The van der Waals surface area contributed by atoms with E-state index < -0.39 is 29.5 Å². The highest BCUT2D eigenvalue weighted by Crippen LogP contribution is 2.27. The van der Waals surface area contributed by atoms with Gasteiger partial charge in [-0.25, -0.2) is 0 Å². The van der Waals surface area contributed by atoms with Crippen molar-refractivity contribution in [3.05, 3.63) is 59.7 Å². The number of aromatic amines is 1. The molecule has 1 aliphatic rings. The quantitative estimate of drug-likeness (QED) is 0.229. The second-order valence-electron chi connectivity index (χ2n) is 10.3. The smallest absolute Gasteiger partial charge is 0.458 e. The summed E-state index contributed by atoms with van der Waals surface area (Å²) in [5.41, 5.74) is 5.55. The first-order valence-electron chi connectivity index (χ1n) is 12.7. The Morgan fingerprint density at radius 3 is 2.09 bits per heavy atom. The highest BCUT2D eigenvalue weighted by atomic mass is 19.4. The number of fused-ring (bicyclic) bond motifs is 1. The van der Waals surface area contributed by atoms with Crippen LogP contribution < -0.4 is 5.32 Å². The van der Waals surface area contributed by atoms with E-state index in [0.29, 0.717) is 24.9 Å². The number of carbonyl (C=O) groups is 4. The number of halogens is 6. The number of rotatable bonds is 6. The van der Waals surface area contributed by atoms with Crippen LogP contribution in [0.3, 0.4) is 0 Å². The number of alkyl halides is 6. The monoisotopic (exact) mass is 612 g/mol. The Morgan fingerprint density at radius 1 is 0.907 bits per heavy atom. The highest BCUT2D eigenvalue weighted by Gasteiger charge is 2.54. The fourth-order valence-corrected chi connectivity index (χ4v) is 3.81. The summed E-state index contributed by atoms with van der Waals surface area (Å²) in [5, 5.41) is 2.87. The third-order valence-corrected chi connectivity index (χ3v) is 5.72. The molecular weight excluding hydrogens is 586 g/mol. The predicted molar refractivity (Wildman–Crippen MR) is 140 cm³/mol. The predicted octanol–water partition coefficient (Wildman–Crippen LogP) is 4.95. The molecule has 0 saturated heterocycles. The second kappa shape index (κ2) is 12.8. The van der Waals surface area contributed by atoms with Crippen molar-refractivity contribution in [2.75, 3.05) is 6.54 Å². The second-order valence-corrected chi connectivity index (χ2v) is 10.3. The number of aryl methyl sites for hydroxylation is 1. The van der Waals surface area contributed by atoms with Crippen molar-refractivity contribution in [1.29, 1.82) is 0 Å². The Kier molecular flexibility index (Phi) is 9.77. The molecule has 1 aliphatic heterocycles. The molecule has 1 amide bonds. The lowest BCUT2D eigenvalue weighted by molar-refractivity contribution is -0.193. The molecule has 9 nitrogen and oxygen atoms in total. The average molecular weight is 613 g/mol. The van der Waals surface area contributed by atoms with Crippen LogP contribution >= 0.6 is 0 Å². The molecule has 2 N–H and O–H groups in total. The van der Waals surface area contributed by atoms with Crippen molar-refractivity contribution < 1.29 is 50.3 Å². The molecule has 3 aromatic rings. The number of aromatic nitrogens is 3. The summed E-state index contributed by atoms with van der Waals surface area (Å²) in [4.78, 5) is 55.5. The van der Waals surface area contributed by atoms with Crippen LogP contribution in [0.15, 0.2) is 42.7 Å². The van der Waals surface area contributed by atoms with Gasteiger partial charge in [-0.15, -0.1) is 0 Å². The summed E-state index contributed by atoms with van der Waals surface area (Å²) in [5.74, 6) is -7.08. The molecule has 0 saturated carbocycles. The molecule has 0 spiro atoms. The lowest BCUT2D eigenvalue weighted by atomic mass is 10.1. The van der Waals surface area contributed by atoms with Gasteiger partial charge in [0.25, 0.3) is 5.91 Å². The van der Waals surface area contributed by atoms with Crippen molar-refractivity contribution in [3.63, 3.8) is 0 Å². The number of esters is 1. The van der Waals surface area contributed by atoms with Crippen LogP contribution in [-0.4, -0.2) is 62.9 Å². The minimum absolute atomic E-state index is 0.0378. The van der Waals surface area contributed by atoms with Crippen molar-refractivity contribution in [2.45, 2.75) is 58.0 Å². The number of ketones is 2. The molecule has 15 heteroatoms. The molecule has 0 bridgehead atoms. The number of hydrogen-bond acceptors (Lipinski definition) is 7. The molecule has 0 radical (unpaired) electrons. The van der Waals surface area contributed by atoms with Gasteiger partial charge in [-0.2, -0.15) is 26.3 Å². The third-order valence-electron chi connectivity index (χ3n) is 5.72. The number of pyridine rings is 2. The normalized spacial score (nSPS) is 13.3. The van der Waals surface area contributed by atoms with Gasteiger partial charge in [0.15, 0.2) is 0 Å². The number of ether oxygens (including phenoxy) is 1. The summed E-state index contributed by atoms with van der Waals surface area (Å²) in [6.45, 7) is 6.22. The maximum atomic E-state index is 12.0. The van der Waals surface area contributed by atoms with E-state index in [1.165, 1.54) is 0 Å². The average Bonchev–Trinajstić information content (AvgIpc) is 3.36. The van der Waals surface area contributed by atoms with Gasteiger partial charge < -0.3 is 15.0 Å². The number of H-pyrrole nitrogens is 1. The molecular formula is C28H26F6N4O5. The first-order valence-corrected chi connectivity index (χ1v) is 12.7. The Bertz CT molecular complexity index is 1480. The topological polar surface area (TPSA) is 131 Å². The molecule has 0 aromatic carbocycles. The molecule has 43 heavy (non-hydrogen) atoms. The number of hydrogen-bond donors (Lipinski definition) is 2. The molecule has 4 heterocycles. The number of nitrogens with zero attached hydrogens (tertiary/aromatic N) is 2. The van der Waals surface area contributed by atoms with Crippen LogP contribution in [0.25, 0.3) is 22.5 Å². The Labute approximate surface area is 241 Å². The van der Waals surface area contributed by atoms with Gasteiger partial charge in [-0.3, -0.25) is 29.1 Å². The summed E-state index contributed by atoms with van der Waals surface area (Å²) in [6, 6.07) is 9.65. The molecule has 0 unspecified atom stereocenters. The zero-order chi connectivity index (χ0) is 32.2. The van der Waals surface area contributed by atoms with Gasteiger partial charge >= 0.3 is 29.9 Å². The van der Waals surface area contributed by atoms with Crippen molar-refractivity contribution in [2.24, 2.45) is 0 Å². The Morgan fingerprint density at radius 2 is 1.56 bits per heavy atom. The molecule has 3 aromatic heterocycles. The fraction of sp³-hybridized carbons (Fsp3) is 0.357. The lowest BCUT2D eigenvalue weighted by Crippen LogP contribution is -2.39. The summed E-state index contributed by atoms with van der Waals surface area (Å²) >= 11 is 0. The zero-order valence-corrected chi connectivity index (χ0v) is 23.1. The Balaban J connectivity index is 0.000000359. The van der Waals surface area contributed by atoms with Gasteiger partial charge in [0, 0.05) is 60.0 Å². The van der Waals surface area contributed by atoms with Gasteiger partial charge in [0.05, 0.1) is 17.7 Å². The van der Waals surface area contributed by atoms with Crippen LogP contribution in [0, 0.1) is 0 Å². The number of amides is 1. The van der Waals surface area contributed by atoms with E-state index in [1.54, 1.807) is 12.4 Å². The maximum absolute atomic E-state index is 12.0. The molecule has 230 valence electrons. The van der Waals surface area contributed by atoms with E-state index in [1.807, 2.05) is 51.1 Å². The zero-order valence-electron chi connectivity index (χ0n) is 23.1. The minimum Gasteiger partial charge on any atom is -0.460 e. The Hall–Kier alpha value is -4.56. The minimum atomic E-state index is -5.77. The van der Waals surface area contributed by atoms with Gasteiger partial charge in [-0.05, 0) is 51.1 Å². The SMILES string of the molecule is CC(C)(C)OC(=O)CCc1ccc(-c2cc(-c3cc4c([nH]3)CCNC4=O)ccn2)cn1.O=C(C(=O)C(F)(F)F)C(F)(F)F. The molecule has 0 fully saturated rings. The first-order chi connectivity index (χ1) is 19.8. The lowest BCUT2D eigenvalue weighted by Gasteiger charge is -2.19. The van der Waals surface area contributed by atoms with E-state index in [4.69, 9.17) is 4.74 Å². The van der Waals surface area contributed by atoms with E-state index in [-0.39, 0.29) is 11.9 Å². The van der Waals surface area contributed by atoms with Crippen molar-refractivity contribution in [3.8, 4) is 22.5 Å². The fourth-order valence-electron chi connectivity index (χ4n) is 3.81. The largest absolute Gasteiger partial charge is 0.460 e. The van der Waals surface area contributed by atoms with Crippen molar-refractivity contribution >= 4 is 23.4 Å². The van der Waals surface area contributed by atoms with Crippen LogP contribution in [0.5, 0.6) is 0 Å². The number of Topliss-reactive ketones (excluding diaryl/α,β-unsaturated/α-hetero) is 2. The van der Waals surface area contributed by atoms with Crippen LogP contribution in [-0.2, 0) is 32.0 Å². The highest BCUT2D eigenvalue weighted by molar-refractivity contribution is 6.41. The van der Waals surface area contributed by atoms with E-state index >= 15 is 0 Å². The van der Waals surface area contributed by atoms with Gasteiger partial charge in [0.2, 0.25) is 0 Å². The van der Waals surface area contributed by atoms with Gasteiger partial charge in [0.1, 0.15) is 5.60 Å². The van der Waals surface area contributed by atoms with Crippen LogP contribution in [0.2, 0.25) is 0 Å². The standard InChI is InChI=1S/C24H26N4O3.C4F6O2/c1-24(2,3)31-22(29)7-6-17-5-4-16(14-27-17)20-12-15(8-10-25-20)21-13-18-19(28-21)9-11-26-23(18)30;5-3(6,7)1(11)2(12)4(8,9)10/h4-5,8,10,12-14,28H,6-7,9,11H2,1-3H3,(H,26,30);. The first kappa shape index (κ1) is 32.9. The maximum Gasteiger partial charge on any atom is 0.458 e. The number of nitrogens with one attached hydrogen (secondary N) is 2. The third kappa shape index (κ3) is 9.21. The summed E-state index contributed by atoms with van der Waals surface area (Å²) in [7, 11) is 0. The van der Waals surface area contributed by atoms with E-state index in [9.17, 15) is 45.5 Å². The summed E-state index contributed by atoms with van der Waals surface area (Å²) < 4.78 is 72.3. The van der Waals surface area contributed by atoms with Crippen LogP contribution in [0.1, 0.15) is 48.9 Å². The molecule has 0 aliphatic carbocycles. The van der Waals surface area contributed by atoms with Crippen molar-refractivity contribution in [1.82, 2.24) is 20.3 Å². The van der Waals surface area contributed by atoms with Gasteiger partial charge in [-0.1, -0.05) is 0 Å².